The van der Waals surface area contributed by atoms with E-state index >= 15 is 0 Å². The van der Waals surface area contributed by atoms with Crippen molar-refractivity contribution in [2.45, 2.75) is 29.9 Å². The average molecular weight is 209 g/mol. The fourth-order valence-corrected chi connectivity index (χ4v) is 4.13. The molecule has 0 aromatic heterocycles. The maximum Gasteiger partial charge on any atom is 0.0805 e. The van der Waals surface area contributed by atoms with Gasteiger partial charge in [-0.3, -0.25) is 0 Å². The van der Waals surface area contributed by atoms with Gasteiger partial charge in [0.1, 0.15) is 0 Å². The minimum atomic E-state index is -2.19. The zero-order valence-electron chi connectivity index (χ0n) is 8.56. The Balaban J connectivity index is 2.60. The molecular weight excluding hydrogens is 194 g/mol. The molecule has 0 unspecified atom stereocenters. The Labute approximate surface area is 85.5 Å². The van der Waals surface area contributed by atoms with Gasteiger partial charge in [-0.1, -0.05) is 18.2 Å². The van der Waals surface area contributed by atoms with Crippen LogP contribution in [0.3, 0.4) is 0 Å². The van der Waals surface area contributed by atoms with Crippen LogP contribution in [-0.4, -0.2) is 15.5 Å². The van der Waals surface area contributed by atoms with Crippen LogP contribution < -0.4 is 0 Å². The highest BCUT2D eigenvalue weighted by atomic mass is 32.2. The van der Waals surface area contributed by atoms with E-state index in [1.165, 1.54) is 0 Å². The summed E-state index contributed by atoms with van der Waals surface area (Å²) in [5.41, 5.74) is 0. The molecule has 0 bridgehead atoms. The Morgan fingerprint density at radius 1 is 1.29 bits per heavy atom. The van der Waals surface area contributed by atoms with Crippen LogP contribution in [0.2, 0.25) is 0 Å². The highest BCUT2D eigenvalue weighted by molar-refractivity contribution is 7.95. The lowest BCUT2D eigenvalue weighted by atomic mass is 10.1. The molecule has 0 N–H and O–H groups in total. The number of rotatable bonds is 1. The summed E-state index contributed by atoms with van der Waals surface area (Å²) in [5.74, 6) is 0. The van der Waals surface area contributed by atoms with Gasteiger partial charge in [0, 0.05) is 4.90 Å². The average Bonchev–Trinajstić information content (AvgIpc) is 2.44. The molecule has 1 heterocycles. The standard InChI is InChI=1S/C11H15NOS/c1-11(2)8-9-12-14(11,13)10-6-4-3-5-7-10/h3-7H,8-9H2,1-2H3/t14-/m1/s1. The van der Waals surface area contributed by atoms with Gasteiger partial charge in [-0.15, -0.1) is 0 Å². The highest BCUT2D eigenvalue weighted by Gasteiger charge is 2.37. The van der Waals surface area contributed by atoms with Gasteiger partial charge in [0.05, 0.1) is 21.0 Å². The van der Waals surface area contributed by atoms with Crippen molar-refractivity contribution in [2.24, 2.45) is 4.36 Å². The van der Waals surface area contributed by atoms with Crippen molar-refractivity contribution in [3.8, 4) is 0 Å². The van der Waals surface area contributed by atoms with E-state index < -0.39 is 9.73 Å². The largest absolute Gasteiger partial charge is 0.244 e. The van der Waals surface area contributed by atoms with Crippen LogP contribution in [0.4, 0.5) is 0 Å². The predicted molar refractivity (Wildman–Crippen MR) is 58.8 cm³/mol. The third-order valence-corrected chi connectivity index (χ3v) is 5.96. The monoisotopic (exact) mass is 209 g/mol. The van der Waals surface area contributed by atoms with Crippen LogP contribution in [0, 0.1) is 0 Å². The first-order chi connectivity index (χ1) is 6.56. The first-order valence-corrected chi connectivity index (χ1v) is 6.35. The molecule has 0 saturated carbocycles. The van der Waals surface area contributed by atoms with E-state index in [1.54, 1.807) is 0 Å². The number of nitrogens with zero attached hydrogens (tertiary/aromatic N) is 1. The Morgan fingerprint density at radius 2 is 1.93 bits per heavy atom. The first kappa shape index (κ1) is 9.71. The van der Waals surface area contributed by atoms with Crippen LogP contribution in [-0.2, 0) is 9.73 Å². The van der Waals surface area contributed by atoms with Gasteiger partial charge in [-0.2, -0.15) is 0 Å². The van der Waals surface area contributed by atoms with Gasteiger partial charge in [-0.05, 0) is 32.4 Å². The quantitative estimate of drug-likeness (QED) is 0.699. The molecule has 2 nitrogen and oxygen atoms in total. The second-order valence-corrected chi connectivity index (χ2v) is 7.09. The third kappa shape index (κ3) is 1.27. The summed E-state index contributed by atoms with van der Waals surface area (Å²) in [6.07, 6.45) is 0.917. The lowest BCUT2D eigenvalue weighted by Gasteiger charge is -2.22. The lowest BCUT2D eigenvalue weighted by molar-refractivity contribution is 0.618. The molecule has 0 radical (unpaired) electrons. The summed E-state index contributed by atoms with van der Waals surface area (Å²) < 4.78 is 16.8. The molecule has 0 amide bonds. The second kappa shape index (κ2) is 3.09. The Hall–Kier alpha value is -0.830. The molecule has 1 aliphatic rings. The summed E-state index contributed by atoms with van der Waals surface area (Å²) in [6, 6.07) is 9.61. The van der Waals surface area contributed by atoms with Gasteiger partial charge in [-0.25, -0.2) is 8.57 Å². The van der Waals surface area contributed by atoms with E-state index in [0.717, 1.165) is 17.9 Å². The number of hydrogen-bond donors (Lipinski definition) is 0. The van der Waals surface area contributed by atoms with Crippen molar-refractivity contribution < 1.29 is 4.21 Å². The summed E-state index contributed by atoms with van der Waals surface area (Å²) in [6.45, 7) is 4.80. The predicted octanol–water partition coefficient (Wildman–Crippen LogP) is 2.70. The van der Waals surface area contributed by atoms with Crippen molar-refractivity contribution in [2.75, 3.05) is 6.54 Å². The van der Waals surface area contributed by atoms with Crippen LogP contribution in [0.1, 0.15) is 20.3 Å². The van der Waals surface area contributed by atoms with Gasteiger partial charge < -0.3 is 0 Å². The summed E-state index contributed by atoms with van der Waals surface area (Å²) in [7, 11) is -2.19. The molecular formula is C11H15NOS. The molecule has 1 aromatic rings. The topological polar surface area (TPSA) is 29.4 Å². The Kier molecular flexibility index (Phi) is 2.14. The van der Waals surface area contributed by atoms with Crippen molar-refractivity contribution in [1.29, 1.82) is 0 Å². The maximum atomic E-state index is 12.7. The molecule has 1 aliphatic heterocycles. The van der Waals surface area contributed by atoms with E-state index in [1.807, 2.05) is 44.2 Å². The molecule has 0 saturated heterocycles. The van der Waals surface area contributed by atoms with Crippen LogP contribution in [0.5, 0.6) is 0 Å². The van der Waals surface area contributed by atoms with Gasteiger partial charge in [0.15, 0.2) is 0 Å². The molecule has 76 valence electrons. The van der Waals surface area contributed by atoms with Gasteiger partial charge in [0.25, 0.3) is 0 Å². The number of hydrogen-bond acceptors (Lipinski definition) is 2. The van der Waals surface area contributed by atoms with Crippen molar-refractivity contribution in [1.82, 2.24) is 0 Å². The van der Waals surface area contributed by atoms with Gasteiger partial charge in [0.2, 0.25) is 0 Å². The minimum Gasteiger partial charge on any atom is -0.244 e. The van der Waals surface area contributed by atoms with Crippen LogP contribution in [0.25, 0.3) is 0 Å². The van der Waals surface area contributed by atoms with Crippen LogP contribution >= 0.6 is 0 Å². The van der Waals surface area contributed by atoms with Crippen molar-refractivity contribution in [3.63, 3.8) is 0 Å². The van der Waals surface area contributed by atoms with E-state index in [-0.39, 0.29) is 4.75 Å². The molecule has 2 rings (SSSR count). The summed E-state index contributed by atoms with van der Waals surface area (Å²) >= 11 is 0. The third-order valence-electron chi connectivity index (χ3n) is 2.80. The van der Waals surface area contributed by atoms with Crippen LogP contribution in [0.15, 0.2) is 39.6 Å². The molecule has 1 atom stereocenters. The lowest BCUT2D eigenvalue weighted by Crippen LogP contribution is -2.27. The van der Waals surface area contributed by atoms with E-state index in [0.29, 0.717) is 0 Å². The first-order valence-electron chi connectivity index (χ1n) is 4.84. The summed E-state index contributed by atoms with van der Waals surface area (Å²) in [5, 5.41) is 0. The van der Waals surface area contributed by atoms with E-state index in [9.17, 15) is 4.21 Å². The molecule has 1 aromatic carbocycles. The van der Waals surface area contributed by atoms with E-state index in [2.05, 4.69) is 4.36 Å². The minimum absolute atomic E-state index is 0.186. The second-order valence-electron chi connectivity index (χ2n) is 4.20. The normalized spacial score (nSPS) is 29.9. The number of benzene rings is 1. The zero-order chi connectivity index (χ0) is 10.2. The Bertz CT molecular complexity index is 442. The van der Waals surface area contributed by atoms with E-state index in [4.69, 9.17) is 0 Å². The molecule has 0 spiro atoms. The smallest absolute Gasteiger partial charge is 0.0805 e. The van der Waals surface area contributed by atoms with Crippen molar-refractivity contribution in [3.05, 3.63) is 30.3 Å². The molecule has 0 fully saturated rings. The van der Waals surface area contributed by atoms with Gasteiger partial charge >= 0.3 is 0 Å². The fraction of sp³-hybridized carbons (Fsp3) is 0.455. The highest BCUT2D eigenvalue weighted by Crippen LogP contribution is 2.35. The molecule has 0 aliphatic carbocycles. The molecule has 14 heavy (non-hydrogen) atoms. The zero-order valence-corrected chi connectivity index (χ0v) is 9.38. The SMILES string of the molecule is CC1(C)CCN=[S@@]1(=O)c1ccccc1. The van der Waals surface area contributed by atoms with Crippen molar-refractivity contribution >= 4 is 9.73 Å². The molecule has 3 heteroatoms. The maximum absolute atomic E-state index is 12.7. The Morgan fingerprint density at radius 3 is 2.43 bits per heavy atom. The summed E-state index contributed by atoms with van der Waals surface area (Å²) in [4.78, 5) is 0.877. The fourth-order valence-electron chi connectivity index (χ4n) is 1.76.